The van der Waals surface area contributed by atoms with Gasteiger partial charge in [-0.2, -0.15) is 0 Å². The fraction of sp³-hybridized carbons (Fsp3) is 0.263. The SMILES string of the molecule is COc1nn(CCC(=O)Nc2ccc(S(=O)(=O)Nc3nc(C)cc(C)n3)cc2)cc1[N+](=O)[O-]. The molecule has 0 fully saturated rings. The minimum Gasteiger partial charge on any atom is -0.475 e. The Balaban J connectivity index is 1.60. The maximum atomic E-state index is 12.6. The van der Waals surface area contributed by atoms with Crippen molar-refractivity contribution in [3.05, 3.63) is 58.0 Å². The van der Waals surface area contributed by atoms with Gasteiger partial charge in [-0.05, 0) is 44.2 Å². The van der Waals surface area contributed by atoms with E-state index >= 15 is 0 Å². The van der Waals surface area contributed by atoms with Gasteiger partial charge in [0.25, 0.3) is 10.0 Å². The van der Waals surface area contributed by atoms with Crippen molar-refractivity contribution < 1.29 is 22.9 Å². The van der Waals surface area contributed by atoms with E-state index in [1.54, 1.807) is 19.9 Å². The number of hydrogen-bond acceptors (Lipinski definition) is 9. The minimum absolute atomic E-state index is 0.0202. The van der Waals surface area contributed by atoms with Crippen LogP contribution < -0.4 is 14.8 Å². The maximum Gasteiger partial charge on any atom is 0.350 e. The lowest BCUT2D eigenvalue weighted by atomic mass is 10.3. The third-order valence-corrected chi connectivity index (χ3v) is 5.67. The summed E-state index contributed by atoms with van der Waals surface area (Å²) in [5.74, 6) is -0.554. The average Bonchev–Trinajstić information content (AvgIpc) is 3.15. The van der Waals surface area contributed by atoms with Crippen LogP contribution in [0.25, 0.3) is 0 Å². The number of nitrogens with zero attached hydrogens (tertiary/aromatic N) is 5. The number of methoxy groups -OCH3 is 1. The molecule has 1 amide bonds. The molecule has 2 aromatic heterocycles. The molecule has 2 heterocycles. The van der Waals surface area contributed by atoms with Crippen LogP contribution in [0, 0.1) is 24.0 Å². The first-order valence-electron chi connectivity index (χ1n) is 9.58. The van der Waals surface area contributed by atoms with Crippen molar-refractivity contribution in [3.8, 4) is 5.88 Å². The van der Waals surface area contributed by atoms with E-state index in [4.69, 9.17) is 4.74 Å². The highest BCUT2D eigenvalue weighted by Gasteiger charge is 2.20. The number of nitro groups is 1. The summed E-state index contributed by atoms with van der Waals surface area (Å²) in [5.41, 5.74) is 1.34. The van der Waals surface area contributed by atoms with Crippen LogP contribution in [0.15, 0.2) is 41.4 Å². The van der Waals surface area contributed by atoms with Gasteiger partial charge in [-0.15, -0.1) is 5.10 Å². The standard InChI is InChI=1S/C19H21N7O6S/c1-12-10-13(2)21-19(20-12)24-33(30,31)15-6-4-14(5-7-15)22-17(27)8-9-25-11-16(26(28)29)18(23-25)32-3/h4-7,10-11H,8-9H2,1-3H3,(H,22,27)(H,20,21,24). The number of aryl methyl sites for hydroxylation is 3. The molecule has 2 N–H and O–H groups in total. The Morgan fingerprint density at radius 3 is 2.36 bits per heavy atom. The van der Waals surface area contributed by atoms with Crippen LogP contribution in [0.3, 0.4) is 0 Å². The predicted molar refractivity (Wildman–Crippen MR) is 117 cm³/mol. The molecule has 0 saturated heterocycles. The van der Waals surface area contributed by atoms with Gasteiger partial charge in [0.2, 0.25) is 11.9 Å². The lowest BCUT2D eigenvalue weighted by Crippen LogP contribution is -2.16. The number of sulfonamides is 1. The van der Waals surface area contributed by atoms with E-state index in [1.807, 2.05) is 0 Å². The fourth-order valence-electron chi connectivity index (χ4n) is 2.89. The summed E-state index contributed by atoms with van der Waals surface area (Å²) in [4.78, 5) is 30.6. The summed E-state index contributed by atoms with van der Waals surface area (Å²) >= 11 is 0. The van der Waals surface area contributed by atoms with Gasteiger partial charge in [0.1, 0.15) is 6.20 Å². The maximum absolute atomic E-state index is 12.6. The summed E-state index contributed by atoms with van der Waals surface area (Å²) in [6, 6.07) is 7.28. The molecule has 13 nitrogen and oxygen atoms in total. The summed E-state index contributed by atoms with van der Waals surface area (Å²) in [5, 5.41) is 17.5. The van der Waals surface area contributed by atoms with Gasteiger partial charge in [0, 0.05) is 23.5 Å². The molecular weight excluding hydrogens is 454 g/mol. The highest BCUT2D eigenvalue weighted by atomic mass is 32.2. The van der Waals surface area contributed by atoms with Crippen LogP contribution in [-0.2, 0) is 21.4 Å². The monoisotopic (exact) mass is 475 g/mol. The summed E-state index contributed by atoms with van der Waals surface area (Å²) in [7, 11) is -2.65. The number of amides is 1. The molecule has 14 heteroatoms. The van der Waals surface area contributed by atoms with Gasteiger partial charge >= 0.3 is 11.6 Å². The number of nitrogens with one attached hydrogen (secondary N) is 2. The van der Waals surface area contributed by atoms with E-state index in [1.165, 1.54) is 42.3 Å². The summed E-state index contributed by atoms with van der Waals surface area (Å²) in [6.45, 7) is 3.55. The van der Waals surface area contributed by atoms with Crippen LogP contribution in [0.1, 0.15) is 17.8 Å². The molecule has 33 heavy (non-hydrogen) atoms. The van der Waals surface area contributed by atoms with Gasteiger partial charge in [-0.1, -0.05) is 0 Å². The first-order chi connectivity index (χ1) is 15.6. The van der Waals surface area contributed by atoms with Crippen molar-refractivity contribution in [2.24, 2.45) is 0 Å². The zero-order valence-electron chi connectivity index (χ0n) is 18.0. The Morgan fingerprint density at radius 2 is 1.82 bits per heavy atom. The predicted octanol–water partition coefficient (Wildman–Crippen LogP) is 2.04. The van der Waals surface area contributed by atoms with E-state index < -0.39 is 14.9 Å². The second-order valence-corrected chi connectivity index (χ2v) is 8.63. The quantitative estimate of drug-likeness (QED) is 0.347. The van der Waals surface area contributed by atoms with Crippen molar-refractivity contribution >= 4 is 33.3 Å². The first-order valence-corrected chi connectivity index (χ1v) is 11.1. The Kier molecular flexibility index (Phi) is 6.86. The molecule has 0 spiro atoms. The Morgan fingerprint density at radius 1 is 1.18 bits per heavy atom. The fourth-order valence-corrected chi connectivity index (χ4v) is 3.83. The van der Waals surface area contributed by atoms with Crippen LogP contribution in [-0.4, -0.2) is 46.1 Å². The molecule has 0 atom stereocenters. The van der Waals surface area contributed by atoms with Crippen LogP contribution in [0.2, 0.25) is 0 Å². The second kappa shape index (κ2) is 9.60. The first kappa shape index (κ1) is 23.6. The van der Waals surface area contributed by atoms with E-state index in [2.05, 4.69) is 25.1 Å². The summed E-state index contributed by atoms with van der Waals surface area (Å²) < 4.78 is 33.6. The minimum atomic E-state index is -3.92. The number of benzene rings is 1. The smallest absolute Gasteiger partial charge is 0.350 e. The number of anilines is 2. The highest BCUT2D eigenvalue weighted by Crippen LogP contribution is 2.24. The van der Waals surface area contributed by atoms with Gasteiger partial charge in [-0.25, -0.2) is 23.1 Å². The van der Waals surface area contributed by atoms with E-state index in [-0.39, 0.29) is 41.3 Å². The zero-order valence-corrected chi connectivity index (χ0v) is 18.8. The number of rotatable bonds is 9. The molecule has 0 bridgehead atoms. The van der Waals surface area contributed by atoms with E-state index in [0.29, 0.717) is 17.1 Å². The third-order valence-electron chi connectivity index (χ3n) is 4.32. The zero-order chi connectivity index (χ0) is 24.2. The molecule has 0 radical (unpaired) electrons. The molecule has 0 saturated carbocycles. The number of carbonyl (C=O) groups is 1. The van der Waals surface area contributed by atoms with Crippen LogP contribution in [0.5, 0.6) is 5.88 Å². The molecule has 3 aromatic rings. The Bertz CT molecular complexity index is 1270. The Hall–Kier alpha value is -4.07. The van der Waals surface area contributed by atoms with E-state index in [0.717, 1.165) is 0 Å². The number of hydrogen-bond donors (Lipinski definition) is 2. The third kappa shape index (κ3) is 6.00. The van der Waals surface area contributed by atoms with Gasteiger partial charge in [-0.3, -0.25) is 19.6 Å². The molecule has 1 aromatic carbocycles. The van der Waals surface area contributed by atoms with Crippen molar-refractivity contribution in [1.82, 2.24) is 19.7 Å². The molecule has 0 aliphatic heterocycles. The van der Waals surface area contributed by atoms with Gasteiger partial charge < -0.3 is 10.1 Å². The topological polar surface area (TPSA) is 171 Å². The molecule has 0 aliphatic rings. The van der Waals surface area contributed by atoms with Crippen molar-refractivity contribution in [2.45, 2.75) is 31.7 Å². The van der Waals surface area contributed by atoms with E-state index in [9.17, 15) is 23.3 Å². The van der Waals surface area contributed by atoms with Crippen LogP contribution in [0.4, 0.5) is 17.3 Å². The Labute approximate surface area is 189 Å². The van der Waals surface area contributed by atoms with Crippen LogP contribution >= 0.6 is 0 Å². The lowest BCUT2D eigenvalue weighted by Gasteiger charge is -2.09. The molecule has 0 aliphatic carbocycles. The average molecular weight is 475 g/mol. The van der Waals surface area contributed by atoms with Gasteiger partial charge in [0.15, 0.2) is 0 Å². The molecule has 174 valence electrons. The number of ether oxygens (including phenoxy) is 1. The summed E-state index contributed by atoms with van der Waals surface area (Å²) in [6.07, 6.45) is 1.16. The molecular formula is C19H21N7O6S. The lowest BCUT2D eigenvalue weighted by molar-refractivity contribution is -0.385. The number of carbonyl (C=O) groups excluding carboxylic acids is 1. The van der Waals surface area contributed by atoms with Crippen molar-refractivity contribution in [1.29, 1.82) is 0 Å². The normalized spacial score (nSPS) is 11.1. The molecule has 3 rings (SSSR count). The van der Waals surface area contributed by atoms with Gasteiger partial charge in [0.05, 0.1) is 23.5 Å². The second-order valence-electron chi connectivity index (χ2n) is 6.95. The molecule has 0 unspecified atom stereocenters. The number of aromatic nitrogens is 4. The van der Waals surface area contributed by atoms with Crippen molar-refractivity contribution in [2.75, 3.05) is 17.1 Å². The largest absolute Gasteiger partial charge is 0.475 e. The highest BCUT2D eigenvalue weighted by molar-refractivity contribution is 7.92. The van der Waals surface area contributed by atoms with Crippen molar-refractivity contribution in [3.63, 3.8) is 0 Å².